The lowest BCUT2D eigenvalue weighted by molar-refractivity contribution is -0.135. The van der Waals surface area contributed by atoms with E-state index < -0.39 is 5.97 Å². The van der Waals surface area contributed by atoms with Crippen LogP contribution in [-0.4, -0.2) is 26.0 Å². The molecule has 0 aliphatic carbocycles. The van der Waals surface area contributed by atoms with Crippen LogP contribution in [-0.2, 0) is 4.79 Å². The number of nitrogens with two attached hydrogens (primary N) is 1. The molecule has 6 heteroatoms. The van der Waals surface area contributed by atoms with Gasteiger partial charge in [0, 0.05) is 6.20 Å². The van der Waals surface area contributed by atoms with E-state index >= 15 is 0 Å². The normalized spacial score (nSPS) is 9.75. The minimum absolute atomic E-state index is 0.208. The summed E-state index contributed by atoms with van der Waals surface area (Å²) in [4.78, 5) is 21.0. The molecule has 16 heavy (non-hydrogen) atoms. The Morgan fingerprint density at radius 1 is 1.56 bits per heavy atom. The highest BCUT2D eigenvalue weighted by atomic mass is 16.4. The summed E-state index contributed by atoms with van der Waals surface area (Å²) in [7, 11) is 0. The van der Waals surface area contributed by atoms with Crippen LogP contribution in [0.25, 0.3) is 11.0 Å². The van der Waals surface area contributed by atoms with E-state index in [0.29, 0.717) is 22.4 Å². The Hall–Kier alpha value is -2.55. The quantitative estimate of drug-likeness (QED) is 0.597. The summed E-state index contributed by atoms with van der Waals surface area (Å²) in [5.41, 5.74) is 6.87. The fourth-order valence-electron chi connectivity index (χ4n) is 1.30. The summed E-state index contributed by atoms with van der Waals surface area (Å²) >= 11 is 0. The maximum atomic E-state index is 10.3. The van der Waals surface area contributed by atoms with Crippen molar-refractivity contribution in [3.8, 4) is 11.8 Å². The number of nitrogen functional groups attached to an aromatic ring is 1. The van der Waals surface area contributed by atoms with E-state index in [0.717, 1.165) is 0 Å². The molecule has 2 aromatic rings. The standard InChI is InChI=1S/C10H8N4O2/c11-9-8-6(2-1-3-7(15)16)4-12-10(8)14-5-13-9/h4-5H,3H2,(H,15,16)(H3,11,12,13,14). The lowest BCUT2D eigenvalue weighted by atomic mass is 10.2. The number of aromatic amines is 1. The smallest absolute Gasteiger partial charge is 0.315 e. The molecule has 2 aromatic heterocycles. The predicted molar refractivity (Wildman–Crippen MR) is 57.4 cm³/mol. The number of fused-ring (bicyclic) bond motifs is 1. The summed E-state index contributed by atoms with van der Waals surface area (Å²) in [5.74, 6) is 4.61. The van der Waals surface area contributed by atoms with E-state index in [2.05, 4.69) is 26.8 Å². The van der Waals surface area contributed by atoms with Gasteiger partial charge in [0.25, 0.3) is 0 Å². The molecule has 0 amide bonds. The third-order valence-corrected chi connectivity index (χ3v) is 1.96. The second-order valence-electron chi connectivity index (χ2n) is 3.06. The Kier molecular flexibility index (Phi) is 2.44. The van der Waals surface area contributed by atoms with Gasteiger partial charge >= 0.3 is 5.97 Å². The highest BCUT2D eigenvalue weighted by Gasteiger charge is 2.06. The summed E-state index contributed by atoms with van der Waals surface area (Å²) < 4.78 is 0. The first-order chi connectivity index (χ1) is 7.68. The van der Waals surface area contributed by atoms with Crippen molar-refractivity contribution < 1.29 is 9.90 Å². The first-order valence-corrected chi connectivity index (χ1v) is 4.46. The number of carbonyl (C=O) groups is 1. The SMILES string of the molecule is Nc1ncnc2[nH]cc(C#CCC(=O)O)c12. The third kappa shape index (κ3) is 1.79. The zero-order valence-electron chi connectivity index (χ0n) is 8.19. The average Bonchev–Trinajstić information content (AvgIpc) is 2.62. The number of nitrogens with one attached hydrogen (secondary N) is 1. The number of rotatable bonds is 1. The van der Waals surface area contributed by atoms with Crippen molar-refractivity contribution in [2.75, 3.05) is 5.73 Å². The number of H-pyrrole nitrogens is 1. The van der Waals surface area contributed by atoms with Crippen LogP contribution in [0.4, 0.5) is 5.82 Å². The number of aromatic nitrogens is 3. The summed E-state index contributed by atoms with van der Waals surface area (Å²) in [5, 5.41) is 9.08. The molecule has 80 valence electrons. The van der Waals surface area contributed by atoms with Crippen molar-refractivity contribution in [1.82, 2.24) is 15.0 Å². The maximum absolute atomic E-state index is 10.3. The molecule has 0 unspecified atom stereocenters. The lowest BCUT2D eigenvalue weighted by Crippen LogP contribution is -1.93. The molecule has 0 spiro atoms. The predicted octanol–water partition coefficient (Wildman–Crippen LogP) is 0.366. The lowest BCUT2D eigenvalue weighted by Gasteiger charge is -1.93. The van der Waals surface area contributed by atoms with E-state index in [4.69, 9.17) is 10.8 Å². The first kappa shape index (κ1) is 9.98. The van der Waals surface area contributed by atoms with Gasteiger partial charge in [-0.2, -0.15) is 0 Å². The van der Waals surface area contributed by atoms with Gasteiger partial charge in [0.1, 0.15) is 24.2 Å². The van der Waals surface area contributed by atoms with Gasteiger partial charge in [-0.05, 0) is 0 Å². The van der Waals surface area contributed by atoms with Gasteiger partial charge in [-0.15, -0.1) is 0 Å². The largest absolute Gasteiger partial charge is 0.481 e. The van der Waals surface area contributed by atoms with E-state index in [9.17, 15) is 4.79 Å². The molecular formula is C10H8N4O2. The highest BCUT2D eigenvalue weighted by molar-refractivity contribution is 5.91. The van der Waals surface area contributed by atoms with Crippen LogP contribution in [0.15, 0.2) is 12.5 Å². The van der Waals surface area contributed by atoms with Crippen LogP contribution < -0.4 is 5.73 Å². The number of carboxylic acid groups (broad SMARTS) is 1. The molecule has 6 nitrogen and oxygen atoms in total. The Morgan fingerprint density at radius 2 is 2.38 bits per heavy atom. The van der Waals surface area contributed by atoms with E-state index in [1.807, 2.05) is 0 Å². The molecular weight excluding hydrogens is 208 g/mol. The summed E-state index contributed by atoms with van der Waals surface area (Å²) in [6.45, 7) is 0. The van der Waals surface area contributed by atoms with Gasteiger partial charge in [0.05, 0.1) is 10.9 Å². The summed E-state index contributed by atoms with van der Waals surface area (Å²) in [6.07, 6.45) is 2.77. The van der Waals surface area contributed by atoms with Crippen molar-refractivity contribution in [2.24, 2.45) is 0 Å². The summed E-state index contributed by atoms with van der Waals surface area (Å²) in [6, 6.07) is 0. The van der Waals surface area contributed by atoms with E-state index in [1.165, 1.54) is 6.33 Å². The van der Waals surface area contributed by atoms with Gasteiger partial charge in [-0.25, -0.2) is 9.97 Å². The molecule has 0 aliphatic heterocycles. The van der Waals surface area contributed by atoms with Crippen LogP contribution in [0.3, 0.4) is 0 Å². The number of hydrogen-bond donors (Lipinski definition) is 3. The molecule has 2 heterocycles. The molecule has 0 saturated carbocycles. The van der Waals surface area contributed by atoms with Crippen LogP contribution in [0.2, 0.25) is 0 Å². The molecule has 0 radical (unpaired) electrons. The second kappa shape index (κ2) is 3.90. The van der Waals surface area contributed by atoms with E-state index in [-0.39, 0.29) is 6.42 Å². The molecule has 0 bridgehead atoms. The minimum Gasteiger partial charge on any atom is -0.481 e. The number of carboxylic acids is 1. The minimum atomic E-state index is -0.962. The van der Waals surface area contributed by atoms with Crippen molar-refractivity contribution in [2.45, 2.75) is 6.42 Å². The van der Waals surface area contributed by atoms with Gasteiger partial charge in [-0.3, -0.25) is 4.79 Å². The van der Waals surface area contributed by atoms with Crippen LogP contribution in [0.1, 0.15) is 12.0 Å². The number of aliphatic carboxylic acids is 1. The first-order valence-electron chi connectivity index (χ1n) is 4.46. The van der Waals surface area contributed by atoms with Crippen LogP contribution >= 0.6 is 0 Å². The van der Waals surface area contributed by atoms with Crippen molar-refractivity contribution >= 4 is 22.8 Å². The Morgan fingerprint density at radius 3 is 3.12 bits per heavy atom. The van der Waals surface area contributed by atoms with E-state index in [1.54, 1.807) is 6.20 Å². The highest BCUT2D eigenvalue weighted by Crippen LogP contribution is 2.19. The van der Waals surface area contributed by atoms with Gasteiger partial charge < -0.3 is 15.8 Å². The Labute approximate surface area is 90.5 Å². The second-order valence-corrected chi connectivity index (χ2v) is 3.06. The van der Waals surface area contributed by atoms with Crippen molar-refractivity contribution in [3.05, 3.63) is 18.1 Å². The average molecular weight is 216 g/mol. The number of anilines is 1. The third-order valence-electron chi connectivity index (χ3n) is 1.96. The molecule has 0 aromatic carbocycles. The number of hydrogen-bond acceptors (Lipinski definition) is 4. The molecule has 2 rings (SSSR count). The Bertz CT molecular complexity index is 606. The zero-order chi connectivity index (χ0) is 11.5. The molecule has 4 N–H and O–H groups in total. The molecule has 0 saturated heterocycles. The maximum Gasteiger partial charge on any atom is 0.315 e. The fraction of sp³-hybridized carbons (Fsp3) is 0.100. The molecule has 0 atom stereocenters. The van der Waals surface area contributed by atoms with Crippen molar-refractivity contribution in [3.63, 3.8) is 0 Å². The fourth-order valence-corrected chi connectivity index (χ4v) is 1.30. The van der Waals surface area contributed by atoms with Gasteiger partial charge in [0.2, 0.25) is 0 Å². The van der Waals surface area contributed by atoms with Crippen LogP contribution in [0.5, 0.6) is 0 Å². The topological polar surface area (TPSA) is 105 Å². The van der Waals surface area contributed by atoms with Gasteiger partial charge in [-0.1, -0.05) is 11.8 Å². The molecule has 0 fully saturated rings. The Balaban J connectivity index is 2.44. The van der Waals surface area contributed by atoms with Gasteiger partial charge in [0.15, 0.2) is 0 Å². The van der Waals surface area contributed by atoms with Crippen molar-refractivity contribution in [1.29, 1.82) is 0 Å². The zero-order valence-corrected chi connectivity index (χ0v) is 8.19. The monoisotopic (exact) mass is 216 g/mol. The number of nitrogens with zero attached hydrogens (tertiary/aromatic N) is 2. The molecule has 0 aliphatic rings. The van der Waals surface area contributed by atoms with Crippen LogP contribution in [0, 0.1) is 11.8 Å².